The largest absolute Gasteiger partial charge is 0.158 e. The van der Waals surface area contributed by atoms with E-state index in [1.165, 1.54) is 18.6 Å². The Hall–Kier alpha value is -0.0900. The van der Waals surface area contributed by atoms with Gasteiger partial charge in [-0.2, -0.15) is 11.8 Å². The SMILES string of the molecule is CC#CCCCCS[CH]C. The maximum atomic E-state index is 3.06. The van der Waals surface area contributed by atoms with Gasteiger partial charge >= 0.3 is 0 Å². The van der Waals surface area contributed by atoms with Crippen LogP contribution in [0.2, 0.25) is 0 Å². The molecule has 10 heavy (non-hydrogen) atoms. The Morgan fingerprint density at radius 1 is 1.40 bits per heavy atom. The summed E-state index contributed by atoms with van der Waals surface area (Å²) in [5.74, 6) is 9.35. The molecule has 0 aromatic rings. The number of rotatable bonds is 5. The fraction of sp³-hybridized carbons (Fsp3) is 0.667. The van der Waals surface area contributed by atoms with Gasteiger partial charge in [-0.05, 0) is 25.5 Å². The van der Waals surface area contributed by atoms with Gasteiger partial charge in [-0.15, -0.1) is 11.8 Å². The first-order valence-electron chi connectivity index (χ1n) is 3.71. The lowest BCUT2D eigenvalue weighted by Crippen LogP contribution is -1.77. The fourth-order valence-corrected chi connectivity index (χ4v) is 1.25. The Bertz CT molecular complexity index is 108. The highest BCUT2D eigenvalue weighted by Gasteiger charge is 1.85. The molecule has 0 fully saturated rings. The first-order valence-corrected chi connectivity index (χ1v) is 4.75. The quantitative estimate of drug-likeness (QED) is 0.434. The van der Waals surface area contributed by atoms with Gasteiger partial charge in [0.05, 0.1) is 0 Å². The molecule has 0 aliphatic carbocycles. The third kappa shape index (κ3) is 7.91. The Morgan fingerprint density at radius 3 is 2.80 bits per heavy atom. The van der Waals surface area contributed by atoms with E-state index in [1.807, 2.05) is 18.7 Å². The highest BCUT2D eigenvalue weighted by atomic mass is 32.2. The molecule has 0 spiro atoms. The number of hydrogen-bond acceptors (Lipinski definition) is 1. The Morgan fingerprint density at radius 2 is 2.20 bits per heavy atom. The molecular formula is C9H15S. The van der Waals surface area contributed by atoms with Crippen molar-refractivity contribution in [1.29, 1.82) is 0 Å². The molecule has 0 nitrogen and oxygen atoms in total. The van der Waals surface area contributed by atoms with Crippen molar-refractivity contribution in [3.8, 4) is 11.8 Å². The molecule has 0 N–H and O–H groups in total. The molecule has 0 unspecified atom stereocenters. The van der Waals surface area contributed by atoms with Crippen molar-refractivity contribution >= 4 is 11.8 Å². The average Bonchev–Trinajstić information content (AvgIpc) is 1.97. The minimum Gasteiger partial charge on any atom is -0.158 e. The topological polar surface area (TPSA) is 0 Å². The van der Waals surface area contributed by atoms with Crippen LogP contribution in [0.3, 0.4) is 0 Å². The van der Waals surface area contributed by atoms with Crippen molar-refractivity contribution in [2.45, 2.75) is 33.1 Å². The normalized spacial score (nSPS) is 8.60. The van der Waals surface area contributed by atoms with Crippen molar-refractivity contribution in [2.75, 3.05) is 5.75 Å². The molecule has 0 aliphatic rings. The first kappa shape index (κ1) is 9.91. The monoisotopic (exact) mass is 155 g/mol. The molecule has 0 atom stereocenters. The molecule has 0 amide bonds. The second-order valence-corrected chi connectivity index (χ2v) is 3.20. The summed E-state index contributed by atoms with van der Waals surface area (Å²) >= 11 is 1.89. The van der Waals surface area contributed by atoms with E-state index in [9.17, 15) is 0 Å². The minimum absolute atomic E-state index is 1.07. The first-order chi connectivity index (χ1) is 4.91. The van der Waals surface area contributed by atoms with Gasteiger partial charge in [0.15, 0.2) is 0 Å². The van der Waals surface area contributed by atoms with E-state index in [0.717, 1.165) is 6.42 Å². The van der Waals surface area contributed by atoms with Gasteiger partial charge in [-0.3, -0.25) is 0 Å². The standard InChI is InChI=1S/C9H15S/c1-3-5-6-7-8-9-10-4-2/h4H,6-9H2,1-2H3. The zero-order valence-electron chi connectivity index (χ0n) is 6.81. The van der Waals surface area contributed by atoms with Gasteiger partial charge in [-0.25, -0.2) is 0 Å². The minimum atomic E-state index is 1.07. The summed E-state index contributed by atoms with van der Waals surface area (Å²) in [5.41, 5.74) is 0. The van der Waals surface area contributed by atoms with Gasteiger partial charge in [-0.1, -0.05) is 6.92 Å². The molecule has 0 saturated heterocycles. The van der Waals surface area contributed by atoms with Gasteiger partial charge in [0, 0.05) is 12.2 Å². The Kier molecular flexibility index (Phi) is 8.83. The molecule has 1 radical (unpaired) electrons. The predicted octanol–water partition coefficient (Wildman–Crippen LogP) is 3.09. The summed E-state index contributed by atoms with van der Waals surface area (Å²) in [4.78, 5) is 0. The van der Waals surface area contributed by atoms with Crippen LogP contribution < -0.4 is 0 Å². The second-order valence-electron chi connectivity index (χ2n) is 1.99. The van der Waals surface area contributed by atoms with E-state index in [-0.39, 0.29) is 0 Å². The third-order valence-electron chi connectivity index (χ3n) is 1.16. The van der Waals surface area contributed by atoms with Crippen LogP contribution in [0, 0.1) is 17.6 Å². The van der Waals surface area contributed by atoms with Crippen LogP contribution in [0.1, 0.15) is 33.1 Å². The molecule has 0 aromatic carbocycles. The van der Waals surface area contributed by atoms with Gasteiger partial charge in [0.25, 0.3) is 0 Å². The lowest BCUT2D eigenvalue weighted by Gasteiger charge is -1.93. The summed E-state index contributed by atoms with van der Waals surface area (Å²) in [5, 5.41) is 0. The predicted molar refractivity (Wildman–Crippen MR) is 49.7 cm³/mol. The van der Waals surface area contributed by atoms with E-state index < -0.39 is 0 Å². The van der Waals surface area contributed by atoms with E-state index in [1.54, 1.807) is 0 Å². The van der Waals surface area contributed by atoms with Crippen LogP contribution in [-0.4, -0.2) is 5.75 Å². The summed E-state index contributed by atoms with van der Waals surface area (Å²) < 4.78 is 0. The maximum absolute atomic E-state index is 3.06. The van der Waals surface area contributed by atoms with Crippen LogP contribution in [0.5, 0.6) is 0 Å². The smallest absolute Gasteiger partial charge is 0.0135 e. The van der Waals surface area contributed by atoms with Crippen LogP contribution in [0.25, 0.3) is 0 Å². The Labute approximate surface area is 68.8 Å². The molecular weight excluding hydrogens is 140 g/mol. The number of unbranched alkanes of at least 4 members (excludes halogenated alkanes) is 2. The molecule has 0 saturated carbocycles. The van der Waals surface area contributed by atoms with E-state index >= 15 is 0 Å². The van der Waals surface area contributed by atoms with E-state index in [0.29, 0.717) is 0 Å². The van der Waals surface area contributed by atoms with Crippen molar-refractivity contribution in [3.63, 3.8) is 0 Å². The van der Waals surface area contributed by atoms with Crippen LogP contribution in [0.4, 0.5) is 0 Å². The third-order valence-corrected chi connectivity index (χ3v) is 2.02. The zero-order chi connectivity index (χ0) is 7.66. The van der Waals surface area contributed by atoms with Crippen molar-refractivity contribution in [3.05, 3.63) is 5.75 Å². The number of hydrogen-bond donors (Lipinski definition) is 0. The summed E-state index contributed by atoms with van der Waals surface area (Å²) in [6.45, 7) is 3.98. The summed E-state index contributed by atoms with van der Waals surface area (Å²) in [6.07, 6.45) is 3.62. The van der Waals surface area contributed by atoms with Gasteiger partial charge < -0.3 is 0 Å². The van der Waals surface area contributed by atoms with Gasteiger partial charge in [0.2, 0.25) is 0 Å². The fourth-order valence-electron chi connectivity index (χ4n) is 0.642. The highest BCUT2D eigenvalue weighted by molar-refractivity contribution is 8.01. The van der Waals surface area contributed by atoms with Crippen molar-refractivity contribution in [2.24, 2.45) is 0 Å². The van der Waals surface area contributed by atoms with Crippen LogP contribution in [-0.2, 0) is 0 Å². The molecule has 0 aliphatic heterocycles. The molecule has 0 bridgehead atoms. The van der Waals surface area contributed by atoms with Crippen molar-refractivity contribution < 1.29 is 0 Å². The van der Waals surface area contributed by atoms with E-state index in [2.05, 4.69) is 24.5 Å². The zero-order valence-corrected chi connectivity index (χ0v) is 7.63. The molecule has 57 valence electrons. The summed E-state index contributed by atoms with van der Waals surface area (Å²) in [7, 11) is 0. The summed E-state index contributed by atoms with van der Waals surface area (Å²) in [6, 6.07) is 0. The average molecular weight is 155 g/mol. The number of thioether (sulfide) groups is 1. The molecule has 1 heteroatoms. The molecule has 0 rings (SSSR count). The molecule has 0 heterocycles. The van der Waals surface area contributed by atoms with E-state index in [4.69, 9.17) is 0 Å². The Balaban J connectivity index is 2.82. The second kappa shape index (κ2) is 8.91. The maximum Gasteiger partial charge on any atom is 0.0135 e. The molecule has 0 aromatic heterocycles. The van der Waals surface area contributed by atoms with Crippen LogP contribution in [0.15, 0.2) is 0 Å². The van der Waals surface area contributed by atoms with Crippen molar-refractivity contribution in [1.82, 2.24) is 0 Å². The highest BCUT2D eigenvalue weighted by Crippen LogP contribution is 2.07. The van der Waals surface area contributed by atoms with Crippen LogP contribution >= 0.6 is 11.8 Å². The lowest BCUT2D eigenvalue weighted by atomic mass is 10.2. The van der Waals surface area contributed by atoms with Gasteiger partial charge in [0.1, 0.15) is 0 Å². The lowest BCUT2D eigenvalue weighted by molar-refractivity contribution is 0.837.